The lowest BCUT2D eigenvalue weighted by Crippen LogP contribution is -2.38. The first kappa shape index (κ1) is 21.0. The van der Waals surface area contributed by atoms with Crippen molar-refractivity contribution in [3.8, 4) is 0 Å². The van der Waals surface area contributed by atoms with Gasteiger partial charge in [0.25, 0.3) is 0 Å². The molecule has 0 saturated carbocycles. The van der Waals surface area contributed by atoms with Crippen LogP contribution in [0, 0.1) is 5.82 Å². The first-order valence-corrected chi connectivity index (χ1v) is 9.92. The number of hydrogen-bond acceptors (Lipinski definition) is 2. The van der Waals surface area contributed by atoms with Crippen LogP contribution in [0.15, 0.2) is 78.9 Å². The molecule has 3 aromatic carbocycles. The topological polar surface area (TPSA) is 32.3 Å². The Balaban J connectivity index is 1.63. The zero-order valence-electron chi connectivity index (χ0n) is 16.3. The van der Waals surface area contributed by atoms with Crippen molar-refractivity contribution in [2.45, 2.75) is 12.5 Å². The molecule has 29 heavy (non-hydrogen) atoms. The fourth-order valence-electron chi connectivity index (χ4n) is 3.35. The molecule has 3 rings (SSSR count). The van der Waals surface area contributed by atoms with Crippen LogP contribution in [-0.2, 0) is 11.2 Å². The van der Waals surface area contributed by atoms with Crippen molar-refractivity contribution < 1.29 is 9.18 Å². The van der Waals surface area contributed by atoms with Gasteiger partial charge >= 0.3 is 0 Å². The van der Waals surface area contributed by atoms with Crippen molar-refractivity contribution in [3.05, 3.63) is 106 Å². The number of nitrogens with one attached hydrogen (secondary N) is 1. The molecule has 0 aromatic heterocycles. The number of likely N-dealkylation sites (N-methyl/N-ethyl adjacent to an activating group) is 1. The molecule has 5 heteroatoms. The van der Waals surface area contributed by atoms with Gasteiger partial charge in [-0.2, -0.15) is 0 Å². The van der Waals surface area contributed by atoms with Crippen LogP contribution in [0.5, 0.6) is 0 Å². The van der Waals surface area contributed by atoms with Crippen LogP contribution in [-0.4, -0.2) is 30.9 Å². The summed E-state index contributed by atoms with van der Waals surface area (Å²) in [5.41, 5.74) is 3.11. The Morgan fingerprint density at radius 3 is 2.24 bits per heavy atom. The summed E-state index contributed by atoms with van der Waals surface area (Å²) in [6, 6.07) is 23.8. The molecule has 0 spiro atoms. The maximum atomic E-state index is 13.4. The minimum absolute atomic E-state index is 0.0514. The SMILES string of the molecule is CN(CC(=O)NCCc1ccc(Cl)cc1)C(c1ccccc1)c1ccc(F)cc1. The second-order valence-electron chi connectivity index (χ2n) is 7.01. The van der Waals surface area contributed by atoms with Crippen LogP contribution in [0.25, 0.3) is 0 Å². The first-order chi connectivity index (χ1) is 14.0. The molecule has 0 aliphatic rings. The number of hydrogen-bond donors (Lipinski definition) is 1. The van der Waals surface area contributed by atoms with Crippen molar-refractivity contribution in [3.63, 3.8) is 0 Å². The highest BCUT2D eigenvalue weighted by molar-refractivity contribution is 6.30. The fourth-order valence-corrected chi connectivity index (χ4v) is 3.48. The highest BCUT2D eigenvalue weighted by atomic mass is 35.5. The average molecular weight is 411 g/mol. The number of halogens is 2. The van der Waals surface area contributed by atoms with Crippen LogP contribution >= 0.6 is 11.6 Å². The maximum Gasteiger partial charge on any atom is 0.234 e. The minimum atomic E-state index is -0.275. The number of carbonyl (C=O) groups is 1. The van der Waals surface area contributed by atoms with Gasteiger partial charge in [-0.3, -0.25) is 9.69 Å². The molecule has 3 nitrogen and oxygen atoms in total. The standard InChI is InChI=1S/C24H24ClFN2O/c1-28(17-23(29)27-16-15-18-7-11-21(25)12-8-18)24(19-5-3-2-4-6-19)20-9-13-22(26)14-10-20/h2-14,24H,15-17H2,1H3,(H,27,29). The Morgan fingerprint density at radius 1 is 0.966 bits per heavy atom. The Labute approximate surface area is 176 Å². The lowest BCUT2D eigenvalue weighted by Gasteiger charge is -2.28. The van der Waals surface area contributed by atoms with Gasteiger partial charge in [0.2, 0.25) is 5.91 Å². The summed E-state index contributed by atoms with van der Waals surface area (Å²) in [5, 5.41) is 3.67. The Kier molecular flexibility index (Phi) is 7.39. The third kappa shape index (κ3) is 6.14. The van der Waals surface area contributed by atoms with Crippen LogP contribution in [0.2, 0.25) is 5.02 Å². The van der Waals surface area contributed by atoms with Crippen molar-refractivity contribution in [2.75, 3.05) is 20.1 Å². The normalized spacial score (nSPS) is 12.0. The van der Waals surface area contributed by atoms with Crippen molar-refractivity contribution in [1.82, 2.24) is 10.2 Å². The number of benzene rings is 3. The molecular weight excluding hydrogens is 387 g/mol. The predicted octanol–water partition coefficient (Wildman–Crippen LogP) is 4.86. The number of rotatable bonds is 8. The van der Waals surface area contributed by atoms with Crippen LogP contribution in [0.1, 0.15) is 22.7 Å². The lowest BCUT2D eigenvalue weighted by atomic mass is 9.97. The van der Waals surface area contributed by atoms with Crippen molar-refractivity contribution in [1.29, 1.82) is 0 Å². The molecule has 0 heterocycles. The van der Waals surface area contributed by atoms with Gasteiger partial charge in [-0.1, -0.05) is 66.2 Å². The van der Waals surface area contributed by atoms with Gasteiger partial charge in [0.05, 0.1) is 12.6 Å². The largest absolute Gasteiger partial charge is 0.355 e. The van der Waals surface area contributed by atoms with Gasteiger partial charge in [-0.15, -0.1) is 0 Å². The molecule has 0 bridgehead atoms. The Morgan fingerprint density at radius 2 is 1.59 bits per heavy atom. The zero-order valence-corrected chi connectivity index (χ0v) is 17.1. The van der Waals surface area contributed by atoms with Crippen molar-refractivity contribution in [2.24, 2.45) is 0 Å². The molecule has 0 radical (unpaired) electrons. The van der Waals surface area contributed by atoms with Gasteiger partial charge in [0.1, 0.15) is 5.82 Å². The summed E-state index contributed by atoms with van der Waals surface area (Å²) in [7, 11) is 1.90. The summed E-state index contributed by atoms with van der Waals surface area (Å²) in [4.78, 5) is 14.5. The molecule has 0 aliphatic heterocycles. The second kappa shape index (κ2) is 10.2. The van der Waals surface area contributed by atoms with E-state index < -0.39 is 0 Å². The molecule has 0 saturated heterocycles. The van der Waals surface area contributed by atoms with E-state index >= 15 is 0 Å². The van der Waals surface area contributed by atoms with Crippen LogP contribution < -0.4 is 5.32 Å². The minimum Gasteiger partial charge on any atom is -0.355 e. The predicted molar refractivity (Wildman–Crippen MR) is 115 cm³/mol. The molecule has 1 atom stereocenters. The van der Waals surface area contributed by atoms with Crippen LogP contribution in [0.4, 0.5) is 4.39 Å². The van der Waals surface area contributed by atoms with Gasteiger partial charge < -0.3 is 5.32 Å². The number of nitrogens with zero attached hydrogens (tertiary/aromatic N) is 1. The molecule has 1 N–H and O–H groups in total. The molecule has 3 aromatic rings. The van der Waals surface area contributed by atoms with Gasteiger partial charge in [0, 0.05) is 11.6 Å². The average Bonchev–Trinajstić information content (AvgIpc) is 2.72. The highest BCUT2D eigenvalue weighted by Crippen LogP contribution is 2.27. The van der Waals surface area contributed by atoms with E-state index in [2.05, 4.69) is 5.32 Å². The summed E-state index contributed by atoms with van der Waals surface area (Å²) < 4.78 is 13.4. The van der Waals surface area contributed by atoms with E-state index in [1.807, 2.05) is 66.5 Å². The molecule has 1 unspecified atom stereocenters. The third-order valence-electron chi connectivity index (χ3n) is 4.78. The molecular formula is C24H24ClFN2O. The van der Waals surface area contributed by atoms with E-state index in [9.17, 15) is 9.18 Å². The Hall–Kier alpha value is -2.69. The van der Waals surface area contributed by atoms with E-state index in [-0.39, 0.29) is 24.3 Å². The maximum absolute atomic E-state index is 13.4. The molecule has 0 aliphatic carbocycles. The van der Waals surface area contributed by atoms with E-state index in [0.29, 0.717) is 11.6 Å². The second-order valence-corrected chi connectivity index (χ2v) is 7.44. The summed E-state index contributed by atoms with van der Waals surface area (Å²) >= 11 is 5.90. The van der Waals surface area contributed by atoms with Gasteiger partial charge in [-0.25, -0.2) is 4.39 Å². The zero-order chi connectivity index (χ0) is 20.6. The summed E-state index contributed by atoms with van der Waals surface area (Å²) in [6.45, 7) is 0.790. The number of carbonyl (C=O) groups excluding carboxylic acids is 1. The van der Waals surface area contributed by atoms with Gasteiger partial charge in [0.15, 0.2) is 0 Å². The summed E-state index contributed by atoms with van der Waals surface area (Å²) in [6.07, 6.45) is 0.743. The third-order valence-corrected chi connectivity index (χ3v) is 5.04. The van der Waals surface area contributed by atoms with Crippen molar-refractivity contribution >= 4 is 17.5 Å². The van der Waals surface area contributed by atoms with E-state index in [1.54, 1.807) is 12.1 Å². The fraction of sp³-hybridized carbons (Fsp3) is 0.208. The summed E-state index contributed by atoms with van der Waals surface area (Å²) in [5.74, 6) is -0.326. The smallest absolute Gasteiger partial charge is 0.234 e. The van der Waals surface area contributed by atoms with E-state index in [4.69, 9.17) is 11.6 Å². The Bertz CT molecular complexity index is 914. The number of amides is 1. The van der Waals surface area contributed by atoms with E-state index in [1.165, 1.54) is 12.1 Å². The molecule has 1 amide bonds. The van der Waals surface area contributed by atoms with Gasteiger partial charge in [-0.05, 0) is 54.4 Å². The highest BCUT2D eigenvalue weighted by Gasteiger charge is 2.21. The molecule has 0 fully saturated rings. The first-order valence-electron chi connectivity index (χ1n) is 9.55. The lowest BCUT2D eigenvalue weighted by molar-refractivity contribution is -0.122. The molecule has 150 valence electrons. The monoisotopic (exact) mass is 410 g/mol. The van der Waals surface area contributed by atoms with E-state index in [0.717, 1.165) is 23.1 Å². The quantitative estimate of drug-likeness (QED) is 0.575. The van der Waals surface area contributed by atoms with Crippen LogP contribution in [0.3, 0.4) is 0 Å².